The van der Waals surface area contributed by atoms with E-state index in [0.29, 0.717) is 12.8 Å². The van der Waals surface area contributed by atoms with Crippen molar-refractivity contribution >= 4 is 17.8 Å². The summed E-state index contributed by atoms with van der Waals surface area (Å²) in [7, 11) is 0. The van der Waals surface area contributed by atoms with Crippen LogP contribution in [0.25, 0.3) is 0 Å². The molecule has 1 saturated carbocycles. The van der Waals surface area contributed by atoms with Crippen LogP contribution in [0.15, 0.2) is 30.3 Å². The van der Waals surface area contributed by atoms with Crippen molar-refractivity contribution in [1.82, 2.24) is 15.1 Å². The summed E-state index contributed by atoms with van der Waals surface area (Å²) < 4.78 is 0. The highest BCUT2D eigenvalue weighted by Gasteiger charge is 2.52. The van der Waals surface area contributed by atoms with Crippen molar-refractivity contribution in [2.45, 2.75) is 50.1 Å². The molecule has 1 aromatic rings. The number of carbonyl (C=O) groups excluding carboxylic acids is 3. The zero-order chi connectivity index (χ0) is 17.4. The van der Waals surface area contributed by atoms with E-state index in [0.717, 1.165) is 31.4 Å². The van der Waals surface area contributed by atoms with Crippen LogP contribution in [0.1, 0.15) is 50.1 Å². The normalized spacial score (nSPS) is 24.6. The Morgan fingerprint density at radius 3 is 2.52 bits per heavy atom. The van der Waals surface area contributed by atoms with E-state index in [9.17, 15) is 14.4 Å². The van der Waals surface area contributed by atoms with Crippen LogP contribution < -0.4 is 5.32 Å². The van der Waals surface area contributed by atoms with Gasteiger partial charge in [-0.05, 0) is 24.8 Å². The summed E-state index contributed by atoms with van der Waals surface area (Å²) in [4.78, 5) is 40.4. The minimum absolute atomic E-state index is 0.00748. The van der Waals surface area contributed by atoms with Crippen LogP contribution >= 0.6 is 0 Å². The summed E-state index contributed by atoms with van der Waals surface area (Å²) in [5.74, 6) is -0.140. The zero-order valence-electron chi connectivity index (χ0n) is 14.2. The first kappa shape index (κ1) is 16.1. The molecule has 1 spiro atoms. The molecule has 1 aliphatic carbocycles. The Morgan fingerprint density at radius 1 is 1.16 bits per heavy atom. The molecular weight excluding hydrogens is 318 g/mol. The summed E-state index contributed by atoms with van der Waals surface area (Å²) >= 11 is 0. The molecule has 6 heteroatoms. The lowest BCUT2D eigenvalue weighted by atomic mass is 9.94. The second-order valence-corrected chi connectivity index (χ2v) is 7.23. The van der Waals surface area contributed by atoms with Gasteiger partial charge in [0, 0.05) is 19.5 Å². The van der Waals surface area contributed by atoms with Gasteiger partial charge in [-0.2, -0.15) is 0 Å². The topological polar surface area (TPSA) is 69.7 Å². The molecule has 25 heavy (non-hydrogen) atoms. The molecular formula is C19H23N3O3. The minimum atomic E-state index is -0.691. The first-order valence-electron chi connectivity index (χ1n) is 9.09. The molecule has 4 amide bonds. The second kappa shape index (κ2) is 6.17. The van der Waals surface area contributed by atoms with Gasteiger partial charge in [0.1, 0.15) is 5.54 Å². The number of hydrogen-bond donors (Lipinski definition) is 1. The fourth-order valence-corrected chi connectivity index (χ4v) is 4.26. The van der Waals surface area contributed by atoms with E-state index in [1.54, 1.807) is 0 Å². The predicted octanol–water partition coefficient (Wildman–Crippen LogP) is 2.21. The Hall–Kier alpha value is -2.37. The lowest BCUT2D eigenvalue weighted by molar-refractivity contribution is -0.140. The third-order valence-electron chi connectivity index (χ3n) is 5.78. The number of rotatable bonds is 4. The molecule has 3 aliphatic rings. The number of hydrogen-bond acceptors (Lipinski definition) is 3. The van der Waals surface area contributed by atoms with Crippen molar-refractivity contribution in [3.05, 3.63) is 35.9 Å². The van der Waals surface area contributed by atoms with Crippen molar-refractivity contribution in [2.24, 2.45) is 0 Å². The van der Waals surface area contributed by atoms with E-state index in [2.05, 4.69) is 5.32 Å². The summed E-state index contributed by atoms with van der Waals surface area (Å²) in [5.41, 5.74) is 0.450. The highest BCUT2D eigenvalue weighted by molar-refractivity contribution is 6.07. The zero-order valence-corrected chi connectivity index (χ0v) is 14.2. The fourth-order valence-electron chi connectivity index (χ4n) is 4.26. The Morgan fingerprint density at radius 2 is 1.88 bits per heavy atom. The van der Waals surface area contributed by atoms with E-state index in [1.807, 2.05) is 35.2 Å². The molecule has 2 saturated heterocycles. The largest absolute Gasteiger partial charge is 0.335 e. The highest BCUT2D eigenvalue weighted by Crippen LogP contribution is 2.36. The summed E-state index contributed by atoms with van der Waals surface area (Å²) in [5, 5.41) is 2.86. The van der Waals surface area contributed by atoms with Gasteiger partial charge in [0.05, 0.1) is 6.04 Å². The standard InChI is InChI=1S/C19H23N3O3/c23-16(21-12-8-15(21)14-6-2-1-3-7-14)9-13-22-17(24)19(20-18(22)25)10-4-5-11-19/h1-3,6-7,15H,4-5,8-13H2,(H,20,25)/t15-/m1/s1. The Balaban J connectivity index is 1.36. The van der Waals surface area contributed by atoms with E-state index in [1.165, 1.54) is 4.90 Å². The SMILES string of the molecule is O=C1NC2(CCCC2)C(=O)N1CCC(=O)N1CC[C@@H]1c1ccccc1. The minimum Gasteiger partial charge on any atom is -0.335 e. The number of urea groups is 1. The van der Waals surface area contributed by atoms with Gasteiger partial charge in [-0.25, -0.2) is 4.79 Å². The quantitative estimate of drug-likeness (QED) is 0.854. The van der Waals surface area contributed by atoms with Crippen LogP contribution in [-0.2, 0) is 9.59 Å². The van der Waals surface area contributed by atoms with Crippen LogP contribution in [0.3, 0.4) is 0 Å². The number of imide groups is 1. The van der Waals surface area contributed by atoms with E-state index in [-0.39, 0.29) is 36.9 Å². The first-order chi connectivity index (χ1) is 12.1. The number of likely N-dealkylation sites (tertiary alicyclic amines) is 1. The maximum absolute atomic E-state index is 12.6. The number of nitrogens with zero attached hydrogens (tertiary/aromatic N) is 2. The highest BCUT2D eigenvalue weighted by atomic mass is 16.2. The molecule has 2 aliphatic heterocycles. The first-order valence-corrected chi connectivity index (χ1v) is 9.09. The molecule has 132 valence electrons. The van der Waals surface area contributed by atoms with Gasteiger partial charge < -0.3 is 10.2 Å². The van der Waals surface area contributed by atoms with Crippen molar-refractivity contribution in [3.63, 3.8) is 0 Å². The molecule has 1 aromatic carbocycles. The van der Waals surface area contributed by atoms with Gasteiger partial charge in [-0.15, -0.1) is 0 Å². The predicted molar refractivity (Wildman–Crippen MR) is 91.6 cm³/mol. The maximum Gasteiger partial charge on any atom is 0.325 e. The number of benzene rings is 1. The van der Waals surface area contributed by atoms with E-state index < -0.39 is 5.54 Å². The van der Waals surface area contributed by atoms with Crippen molar-refractivity contribution in [3.8, 4) is 0 Å². The molecule has 1 atom stereocenters. The third-order valence-corrected chi connectivity index (χ3v) is 5.78. The molecule has 3 fully saturated rings. The molecule has 0 aromatic heterocycles. The van der Waals surface area contributed by atoms with Crippen LogP contribution in [-0.4, -0.2) is 46.3 Å². The molecule has 4 rings (SSSR count). The molecule has 2 heterocycles. The third kappa shape index (κ3) is 2.69. The van der Waals surface area contributed by atoms with E-state index >= 15 is 0 Å². The van der Waals surface area contributed by atoms with Gasteiger partial charge >= 0.3 is 6.03 Å². The molecule has 0 radical (unpaired) electrons. The fraction of sp³-hybridized carbons (Fsp3) is 0.526. The lowest BCUT2D eigenvalue weighted by Crippen LogP contribution is -2.47. The van der Waals surface area contributed by atoms with Gasteiger partial charge in [-0.3, -0.25) is 14.5 Å². The second-order valence-electron chi connectivity index (χ2n) is 7.23. The van der Waals surface area contributed by atoms with Crippen LogP contribution in [0.5, 0.6) is 0 Å². The maximum atomic E-state index is 12.6. The van der Waals surface area contributed by atoms with Gasteiger partial charge in [-0.1, -0.05) is 43.2 Å². The van der Waals surface area contributed by atoms with Crippen molar-refractivity contribution < 1.29 is 14.4 Å². The van der Waals surface area contributed by atoms with Crippen LogP contribution in [0.4, 0.5) is 4.79 Å². The van der Waals surface area contributed by atoms with Crippen molar-refractivity contribution in [2.75, 3.05) is 13.1 Å². The molecule has 6 nitrogen and oxygen atoms in total. The average molecular weight is 341 g/mol. The number of amides is 4. The lowest BCUT2D eigenvalue weighted by Gasteiger charge is -2.41. The Bertz CT molecular complexity index is 697. The number of carbonyl (C=O) groups is 3. The average Bonchev–Trinajstić information content (AvgIpc) is 3.12. The number of nitrogens with one attached hydrogen (secondary N) is 1. The molecule has 0 unspecified atom stereocenters. The van der Waals surface area contributed by atoms with E-state index in [4.69, 9.17) is 0 Å². The summed E-state index contributed by atoms with van der Waals surface area (Å²) in [6, 6.07) is 9.76. The summed E-state index contributed by atoms with van der Waals surface area (Å²) in [6.45, 7) is 0.908. The van der Waals surface area contributed by atoms with Crippen molar-refractivity contribution in [1.29, 1.82) is 0 Å². The van der Waals surface area contributed by atoms with Gasteiger partial charge in [0.25, 0.3) is 5.91 Å². The smallest absolute Gasteiger partial charge is 0.325 e. The molecule has 1 N–H and O–H groups in total. The van der Waals surface area contributed by atoms with Crippen LogP contribution in [0, 0.1) is 0 Å². The molecule has 0 bridgehead atoms. The Kier molecular flexibility index (Phi) is 3.98. The monoisotopic (exact) mass is 341 g/mol. The Labute approximate surface area is 147 Å². The van der Waals surface area contributed by atoms with Gasteiger partial charge in [0.2, 0.25) is 5.91 Å². The van der Waals surface area contributed by atoms with Gasteiger partial charge in [0.15, 0.2) is 0 Å². The summed E-state index contributed by atoms with van der Waals surface area (Å²) in [6.07, 6.45) is 4.51. The van der Waals surface area contributed by atoms with Crippen LogP contribution in [0.2, 0.25) is 0 Å².